The third-order valence-electron chi connectivity index (χ3n) is 4.15. The molecule has 0 spiro atoms. The summed E-state index contributed by atoms with van der Waals surface area (Å²) in [6.07, 6.45) is 9.05. The SMILES string of the molecule is CCOC1=C2C(=O)C3=CC(C)=CCC3SC2C(OCC)C=C1. The molecule has 1 fully saturated rings. The number of thioether (sulfide) groups is 1. The van der Waals surface area contributed by atoms with Gasteiger partial charge in [0.1, 0.15) is 5.76 Å². The number of Topliss-reactive ketones (excluding diaryl/α,β-unsaturated/α-hetero) is 1. The third kappa shape index (κ3) is 2.70. The quantitative estimate of drug-likeness (QED) is 0.794. The van der Waals surface area contributed by atoms with Gasteiger partial charge in [-0.25, -0.2) is 0 Å². The second kappa shape index (κ2) is 6.47. The second-order valence-corrected chi connectivity index (χ2v) is 7.00. The van der Waals surface area contributed by atoms with Crippen LogP contribution in [0.15, 0.2) is 46.8 Å². The van der Waals surface area contributed by atoms with E-state index in [1.807, 2.05) is 43.8 Å². The van der Waals surface area contributed by atoms with Crippen molar-refractivity contribution in [3.8, 4) is 0 Å². The van der Waals surface area contributed by atoms with Gasteiger partial charge in [-0.15, -0.1) is 11.8 Å². The highest BCUT2D eigenvalue weighted by Gasteiger charge is 2.43. The van der Waals surface area contributed by atoms with E-state index in [0.717, 1.165) is 17.6 Å². The van der Waals surface area contributed by atoms with Gasteiger partial charge in [0.25, 0.3) is 0 Å². The minimum atomic E-state index is -0.0493. The number of carbonyl (C=O) groups excluding carboxylic acids is 1. The fraction of sp³-hybridized carbons (Fsp3) is 0.500. The first-order valence-corrected chi connectivity index (χ1v) is 8.85. The monoisotopic (exact) mass is 318 g/mol. The number of hydrogen-bond acceptors (Lipinski definition) is 4. The first-order valence-electron chi connectivity index (χ1n) is 7.91. The Kier molecular flexibility index (Phi) is 4.59. The highest BCUT2D eigenvalue weighted by atomic mass is 32.2. The van der Waals surface area contributed by atoms with E-state index in [0.29, 0.717) is 19.0 Å². The molecular formula is C18H22O3S. The topological polar surface area (TPSA) is 35.5 Å². The second-order valence-electron chi connectivity index (χ2n) is 5.65. The van der Waals surface area contributed by atoms with Crippen LogP contribution in [0.1, 0.15) is 27.2 Å². The molecule has 0 bridgehead atoms. The molecule has 2 aliphatic carbocycles. The molecule has 0 amide bonds. The fourth-order valence-corrected chi connectivity index (χ4v) is 4.74. The van der Waals surface area contributed by atoms with Crippen LogP contribution in [-0.2, 0) is 14.3 Å². The zero-order valence-electron chi connectivity index (χ0n) is 13.3. The lowest BCUT2D eigenvalue weighted by Gasteiger charge is -2.38. The Morgan fingerprint density at radius 3 is 2.86 bits per heavy atom. The first-order chi connectivity index (χ1) is 10.7. The summed E-state index contributed by atoms with van der Waals surface area (Å²) in [6, 6.07) is 0. The Morgan fingerprint density at radius 2 is 2.14 bits per heavy atom. The van der Waals surface area contributed by atoms with Gasteiger partial charge in [0.15, 0.2) is 5.78 Å². The third-order valence-corrected chi connectivity index (χ3v) is 5.72. The van der Waals surface area contributed by atoms with Crippen LogP contribution < -0.4 is 0 Å². The van der Waals surface area contributed by atoms with E-state index in [2.05, 4.69) is 13.0 Å². The lowest BCUT2D eigenvalue weighted by Crippen LogP contribution is -2.41. The van der Waals surface area contributed by atoms with E-state index >= 15 is 0 Å². The molecule has 1 heterocycles. The number of allylic oxidation sites excluding steroid dienone is 4. The van der Waals surface area contributed by atoms with Crippen molar-refractivity contribution >= 4 is 17.5 Å². The van der Waals surface area contributed by atoms with E-state index < -0.39 is 0 Å². The van der Waals surface area contributed by atoms with Crippen molar-refractivity contribution in [3.05, 3.63) is 46.8 Å². The number of carbonyl (C=O) groups is 1. The molecule has 0 saturated carbocycles. The van der Waals surface area contributed by atoms with E-state index in [1.165, 1.54) is 5.57 Å². The van der Waals surface area contributed by atoms with Crippen LogP contribution >= 0.6 is 11.8 Å². The van der Waals surface area contributed by atoms with Gasteiger partial charge in [0, 0.05) is 17.4 Å². The summed E-state index contributed by atoms with van der Waals surface area (Å²) in [5.41, 5.74) is 2.87. The average Bonchev–Trinajstić information content (AvgIpc) is 2.51. The maximum atomic E-state index is 13.0. The van der Waals surface area contributed by atoms with Crippen LogP contribution in [0.5, 0.6) is 0 Å². The molecule has 4 heteroatoms. The maximum Gasteiger partial charge on any atom is 0.191 e. The number of ketones is 1. The Bertz CT molecular complexity index is 597. The van der Waals surface area contributed by atoms with Gasteiger partial charge in [-0.3, -0.25) is 4.79 Å². The highest BCUT2D eigenvalue weighted by molar-refractivity contribution is 8.01. The molecule has 22 heavy (non-hydrogen) atoms. The summed E-state index contributed by atoms with van der Waals surface area (Å²) in [5, 5.41) is 0.273. The zero-order valence-corrected chi connectivity index (χ0v) is 14.1. The molecule has 118 valence electrons. The van der Waals surface area contributed by atoms with Gasteiger partial charge in [-0.2, -0.15) is 0 Å². The van der Waals surface area contributed by atoms with Gasteiger partial charge in [-0.1, -0.05) is 23.8 Å². The predicted molar refractivity (Wildman–Crippen MR) is 89.8 cm³/mol. The van der Waals surface area contributed by atoms with Crippen molar-refractivity contribution in [1.29, 1.82) is 0 Å². The molecular weight excluding hydrogens is 296 g/mol. The molecule has 3 atom stereocenters. The summed E-state index contributed by atoms with van der Waals surface area (Å²) in [5.74, 6) is 0.853. The molecule has 3 aliphatic rings. The van der Waals surface area contributed by atoms with Crippen molar-refractivity contribution in [2.24, 2.45) is 0 Å². The van der Waals surface area contributed by atoms with Crippen LogP contribution in [0.25, 0.3) is 0 Å². The zero-order chi connectivity index (χ0) is 15.7. The van der Waals surface area contributed by atoms with Crippen molar-refractivity contribution in [2.75, 3.05) is 13.2 Å². The average molecular weight is 318 g/mol. The summed E-state index contributed by atoms with van der Waals surface area (Å²) in [6.45, 7) is 7.19. The number of rotatable bonds is 4. The van der Waals surface area contributed by atoms with Crippen LogP contribution in [0.4, 0.5) is 0 Å². The molecule has 0 aromatic carbocycles. The van der Waals surface area contributed by atoms with Crippen molar-refractivity contribution in [2.45, 2.75) is 43.8 Å². The Hall–Kier alpha value is -1.26. The van der Waals surface area contributed by atoms with Crippen LogP contribution in [0, 0.1) is 0 Å². The summed E-state index contributed by atoms with van der Waals surface area (Å²) >= 11 is 1.83. The minimum absolute atomic E-state index is 0.0351. The largest absolute Gasteiger partial charge is 0.493 e. The lowest BCUT2D eigenvalue weighted by molar-refractivity contribution is -0.113. The highest BCUT2D eigenvalue weighted by Crippen LogP contribution is 2.45. The van der Waals surface area contributed by atoms with E-state index in [9.17, 15) is 4.79 Å². The fourth-order valence-electron chi connectivity index (χ4n) is 3.17. The Balaban J connectivity index is 2.01. The molecule has 1 saturated heterocycles. The van der Waals surface area contributed by atoms with Crippen molar-refractivity contribution in [1.82, 2.24) is 0 Å². The van der Waals surface area contributed by atoms with Crippen molar-refractivity contribution < 1.29 is 14.3 Å². The predicted octanol–water partition coefficient (Wildman–Crippen LogP) is 3.58. The molecule has 0 N–H and O–H groups in total. The molecule has 0 aromatic heterocycles. The van der Waals surface area contributed by atoms with Gasteiger partial charge in [-0.05, 0) is 33.3 Å². The lowest BCUT2D eigenvalue weighted by atomic mass is 9.87. The molecule has 3 nitrogen and oxygen atoms in total. The molecule has 0 aromatic rings. The van der Waals surface area contributed by atoms with E-state index in [-0.39, 0.29) is 22.4 Å². The summed E-state index contributed by atoms with van der Waals surface area (Å²) < 4.78 is 11.6. The van der Waals surface area contributed by atoms with Crippen LogP contribution in [0.3, 0.4) is 0 Å². The van der Waals surface area contributed by atoms with E-state index in [4.69, 9.17) is 9.47 Å². The summed E-state index contributed by atoms with van der Waals surface area (Å²) in [4.78, 5) is 13.0. The van der Waals surface area contributed by atoms with Crippen molar-refractivity contribution in [3.63, 3.8) is 0 Å². The van der Waals surface area contributed by atoms with Gasteiger partial charge >= 0.3 is 0 Å². The molecule has 0 radical (unpaired) electrons. The molecule has 3 rings (SSSR count). The molecule has 3 unspecified atom stereocenters. The van der Waals surface area contributed by atoms with Gasteiger partial charge in [0.2, 0.25) is 0 Å². The maximum absolute atomic E-state index is 13.0. The standard InChI is InChI=1S/C18H22O3S/c1-4-20-13-7-8-14(21-5-2)18-16(13)17(19)12-10-11(3)6-9-15(12)22-18/h6-8,10,14-15,18H,4-5,9H2,1-3H3. The smallest absolute Gasteiger partial charge is 0.191 e. The number of fused-ring (bicyclic) bond motifs is 2. The van der Waals surface area contributed by atoms with Crippen LogP contribution in [-0.4, -0.2) is 35.6 Å². The molecule has 1 aliphatic heterocycles. The van der Waals surface area contributed by atoms with E-state index in [1.54, 1.807) is 0 Å². The Labute approximate surface area is 136 Å². The minimum Gasteiger partial charge on any atom is -0.493 e. The number of hydrogen-bond donors (Lipinski definition) is 0. The van der Waals surface area contributed by atoms with Crippen LogP contribution in [0.2, 0.25) is 0 Å². The first kappa shape index (κ1) is 15.6. The Morgan fingerprint density at radius 1 is 1.32 bits per heavy atom. The van der Waals surface area contributed by atoms with Gasteiger partial charge in [0.05, 0.1) is 23.5 Å². The van der Waals surface area contributed by atoms with Gasteiger partial charge < -0.3 is 9.47 Å². The normalized spacial score (nSPS) is 30.5. The summed E-state index contributed by atoms with van der Waals surface area (Å²) in [7, 11) is 0. The number of ether oxygens (including phenoxy) is 2.